The molecule has 0 spiro atoms. The number of anilines is 1. The molecule has 1 aromatic rings. The fourth-order valence-corrected chi connectivity index (χ4v) is 1.36. The summed E-state index contributed by atoms with van der Waals surface area (Å²) in [6.07, 6.45) is -3.37. The zero-order chi connectivity index (χ0) is 12.9. The summed E-state index contributed by atoms with van der Waals surface area (Å²) in [4.78, 5) is 5.52. The zero-order valence-electron chi connectivity index (χ0n) is 9.46. The maximum absolute atomic E-state index is 12.0. The summed E-state index contributed by atoms with van der Waals surface area (Å²) in [7, 11) is 1.64. The lowest BCUT2D eigenvalue weighted by molar-refractivity contribution is -0.137. The number of hydrazine groups is 1. The number of nitrogens with two attached hydrogens (primary N) is 1. The number of nitrogens with zero attached hydrogens (tertiary/aromatic N) is 2. The van der Waals surface area contributed by atoms with Crippen molar-refractivity contribution in [1.82, 2.24) is 9.88 Å². The highest BCUT2D eigenvalue weighted by atomic mass is 19.4. The van der Waals surface area contributed by atoms with E-state index in [1.165, 1.54) is 0 Å². The van der Waals surface area contributed by atoms with Gasteiger partial charge in [0.1, 0.15) is 5.82 Å². The molecule has 0 fully saturated rings. The summed E-state index contributed by atoms with van der Waals surface area (Å²) in [5.41, 5.74) is 3.25. The molecule has 0 unspecified atom stereocenters. The maximum atomic E-state index is 12.0. The van der Waals surface area contributed by atoms with Gasteiger partial charge in [0.15, 0.2) is 0 Å². The summed E-state index contributed by atoms with van der Waals surface area (Å²) < 4.78 is 36.0. The summed E-state index contributed by atoms with van der Waals surface area (Å²) >= 11 is 0. The molecule has 0 saturated heterocycles. The van der Waals surface area contributed by atoms with Crippen LogP contribution >= 0.6 is 0 Å². The molecule has 0 aliphatic carbocycles. The van der Waals surface area contributed by atoms with Gasteiger partial charge in [0.05, 0.1) is 6.42 Å². The van der Waals surface area contributed by atoms with E-state index in [-0.39, 0.29) is 6.54 Å². The van der Waals surface area contributed by atoms with Gasteiger partial charge in [-0.15, -0.1) is 0 Å². The Labute approximate surface area is 97.6 Å². The third-order valence-corrected chi connectivity index (χ3v) is 2.20. The van der Waals surface area contributed by atoms with E-state index in [2.05, 4.69) is 10.4 Å². The number of nitrogen functional groups attached to an aromatic ring is 1. The fourth-order valence-electron chi connectivity index (χ4n) is 1.36. The van der Waals surface area contributed by atoms with Crippen molar-refractivity contribution in [1.29, 1.82) is 0 Å². The van der Waals surface area contributed by atoms with Gasteiger partial charge >= 0.3 is 6.18 Å². The molecule has 1 rings (SSSR count). The Hall–Kier alpha value is -1.34. The van der Waals surface area contributed by atoms with Crippen molar-refractivity contribution >= 4 is 5.82 Å². The zero-order valence-corrected chi connectivity index (χ0v) is 9.46. The summed E-state index contributed by atoms with van der Waals surface area (Å²) in [6.45, 7) is 0.393. The van der Waals surface area contributed by atoms with Crippen LogP contribution < -0.4 is 11.3 Å². The quantitative estimate of drug-likeness (QED) is 0.615. The van der Waals surface area contributed by atoms with E-state index in [9.17, 15) is 13.2 Å². The Kier molecular flexibility index (Phi) is 4.71. The fraction of sp³-hybridized carbons (Fsp3) is 0.500. The monoisotopic (exact) mass is 248 g/mol. The third-order valence-electron chi connectivity index (χ3n) is 2.20. The van der Waals surface area contributed by atoms with E-state index in [0.29, 0.717) is 12.4 Å². The van der Waals surface area contributed by atoms with Gasteiger partial charge < -0.3 is 10.3 Å². The molecule has 3 N–H and O–H groups in total. The normalized spacial score (nSPS) is 11.9. The largest absolute Gasteiger partial charge is 0.390 e. The van der Waals surface area contributed by atoms with Crippen LogP contribution in [0.2, 0.25) is 0 Å². The molecule has 0 aromatic carbocycles. The summed E-state index contributed by atoms with van der Waals surface area (Å²) in [6, 6.07) is 3.44. The van der Waals surface area contributed by atoms with Gasteiger partial charge in [-0.25, -0.2) is 10.8 Å². The van der Waals surface area contributed by atoms with Crippen LogP contribution in [0.25, 0.3) is 0 Å². The third kappa shape index (κ3) is 5.50. The topological polar surface area (TPSA) is 54.2 Å². The number of hydrogen-bond acceptors (Lipinski definition) is 4. The minimum Gasteiger partial charge on any atom is -0.308 e. The van der Waals surface area contributed by atoms with Gasteiger partial charge in [0.2, 0.25) is 0 Å². The average Bonchev–Trinajstić information content (AvgIpc) is 2.26. The molecule has 0 aliphatic heterocycles. The lowest BCUT2D eigenvalue weighted by Crippen LogP contribution is -2.24. The van der Waals surface area contributed by atoms with E-state index < -0.39 is 12.6 Å². The van der Waals surface area contributed by atoms with Crippen molar-refractivity contribution in [2.24, 2.45) is 5.84 Å². The van der Waals surface area contributed by atoms with Gasteiger partial charge in [-0.3, -0.25) is 0 Å². The second-order valence-corrected chi connectivity index (χ2v) is 3.80. The predicted octanol–water partition coefficient (Wildman–Crippen LogP) is 1.75. The average molecular weight is 248 g/mol. The Morgan fingerprint density at radius 1 is 1.47 bits per heavy atom. The second-order valence-electron chi connectivity index (χ2n) is 3.80. The Morgan fingerprint density at radius 3 is 2.76 bits per heavy atom. The van der Waals surface area contributed by atoms with Crippen molar-refractivity contribution in [3.63, 3.8) is 0 Å². The first-order chi connectivity index (χ1) is 7.90. The molecule has 96 valence electrons. The minimum absolute atomic E-state index is 0.0305. The van der Waals surface area contributed by atoms with E-state index in [0.717, 1.165) is 5.56 Å². The highest BCUT2D eigenvalue weighted by molar-refractivity contribution is 5.35. The van der Waals surface area contributed by atoms with Crippen LogP contribution in [0, 0.1) is 0 Å². The number of rotatable bonds is 5. The van der Waals surface area contributed by atoms with Gasteiger partial charge in [0, 0.05) is 19.3 Å². The smallest absolute Gasteiger partial charge is 0.308 e. The molecule has 0 saturated carbocycles. The minimum atomic E-state index is -4.11. The van der Waals surface area contributed by atoms with Crippen molar-refractivity contribution < 1.29 is 13.2 Å². The van der Waals surface area contributed by atoms with Crippen LogP contribution in [-0.4, -0.2) is 29.7 Å². The maximum Gasteiger partial charge on any atom is 0.390 e. The molecule has 0 radical (unpaired) electrons. The molecule has 0 amide bonds. The molecule has 17 heavy (non-hydrogen) atoms. The van der Waals surface area contributed by atoms with Crippen molar-refractivity contribution in [2.75, 3.05) is 19.0 Å². The first-order valence-corrected chi connectivity index (χ1v) is 5.07. The molecule has 0 atom stereocenters. The van der Waals surface area contributed by atoms with Gasteiger partial charge in [-0.1, -0.05) is 0 Å². The van der Waals surface area contributed by atoms with Crippen LogP contribution in [0.1, 0.15) is 12.0 Å². The Bertz CT molecular complexity index is 354. The van der Waals surface area contributed by atoms with Crippen molar-refractivity contribution in [3.8, 4) is 0 Å². The first-order valence-electron chi connectivity index (χ1n) is 5.07. The standard InChI is InChI=1S/C10H15F3N4/c1-17(5-3-10(11,12)13)7-8-2-4-15-9(6-8)16-14/h2,4,6H,3,5,7,14H2,1H3,(H,15,16). The van der Waals surface area contributed by atoms with Crippen molar-refractivity contribution in [2.45, 2.75) is 19.1 Å². The molecule has 7 heteroatoms. The number of alkyl halides is 3. The number of pyridine rings is 1. The lowest BCUT2D eigenvalue weighted by atomic mass is 10.2. The Balaban J connectivity index is 2.47. The number of nitrogens with one attached hydrogen (secondary N) is 1. The summed E-state index contributed by atoms with van der Waals surface area (Å²) in [5, 5.41) is 0. The molecule has 0 aliphatic rings. The highest BCUT2D eigenvalue weighted by Gasteiger charge is 2.26. The van der Waals surface area contributed by atoms with Crippen LogP contribution in [0.3, 0.4) is 0 Å². The van der Waals surface area contributed by atoms with E-state index in [1.54, 1.807) is 30.3 Å². The predicted molar refractivity (Wildman–Crippen MR) is 59.1 cm³/mol. The van der Waals surface area contributed by atoms with Gasteiger partial charge in [-0.05, 0) is 24.7 Å². The van der Waals surface area contributed by atoms with Crippen molar-refractivity contribution in [3.05, 3.63) is 23.9 Å². The van der Waals surface area contributed by atoms with E-state index in [4.69, 9.17) is 5.84 Å². The second kappa shape index (κ2) is 5.83. The van der Waals surface area contributed by atoms with E-state index in [1.807, 2.05) is 0 Å². The molecular weight excluding hydrogens is 233 g/mol. The molecule has 1 aromatic heterocycles. The molecular formula is C10H15F3N4. The summed E-state index contributed by atoms with van der Waals surface area (Å²) in [5.74, 6) is 5.68. The van der Waals surface area contributed by atoms with Crippen LogP contribution in [-0.2, 0) is 6.54 Å². The first kappa shape index (κ1) is 13.7. The van der Waals surface area contributed by atoms with E-state index >= 15 is 0 Å². The van der Waals surface area contributed by atoms with Crippen LogP contribution in [0.5, 0.6) is 0 Å². The SMILES string of the molecule is CN(CCC(F)(F)F)Cc1ccnc(NN)c1. The molecule has 0 bridgehead atoms. The van der Waals surface area contributed by atoms with Crippen LogP contribution in [0.4, 0.5) is 19.0 Å². The molecule has 4 nitrogen and oxygen atoms in total. The molecule has 1 heterocycles. The van der Waals surface area contributed by atoms with Crippen LogP contribution in [0.15, 0.2) is 18.3 Å². The van der Waals surface area contributed by atoms with Gasteiger partial charge in [0.25, 0.3) is 0 Å². The Morgan fingerprint density at radius 2 is 2.18 bits per heavy atom. The number of aromatic nitrogens is 1. The highest BCUT2D eigenvalue weighted by Crippen LogP contribution is 2.20. The number of hydrogen-bond donors (Lipinski definition) is 2. The van der Waals surface area contributed by atoms with Gasteiger partial charge in [-0.2, -0.15) is 13.2 Å². The number of halogens is 3. The lowest BCUT2D eigenvalue weighted by Gasteiger charge is -2.17.